The number of furan rings is 1. The number of nitrogens with zero attached hydrogens (tertiary/aromatic N) is 1. The summed E-state index contributed by atoms with van der Waals surface area (Å²) in [5.41, 5.74) is 6.10. The van der Waals surface area contributed by atoms with Crippen molar-refractivity contribution in [3.8, 4) is 0 Å². The molecule has 0 spiro atoms. The fraction of sp³-hybridized carbons (Fsp3) is 0.231. The topological polar surface area (TPSA) is 42.4 Å². The highest BCUT2D eigenvalue weighted by molar-refractivity contribution is 5.47. The van der Waals surface area contributed by atoms with Crippen molar-refractivity contribution in [3.05, 3.63) is 54.0 Å². The van der Waals surface area contributed by atoms with Gasteiger partial charge in [-0.05, 0) is 24.3 Å². The molecule has 2 N–H and O–H groups in total. The fourth-order valence-corrected chi connectivity index (χ4v) is 1.73. The van der Waals surface area contributed by atoms with Gasteiger partial charge in [0.15, 0.2) is 11.6 Å². The lowest BCUT2D eigenvalue weighted by atomic mass is 10.2. The van der Waals surface area contributed by atoms with E-state index in [1.165, 1.54) is 6.07 Å². The van der Waals surface area contributed by atoms with E-state index in [0.717, 1.165) is 17.9 Å². The Morgan fingerprint density at radius 2 is 2.00 bits per heavy atom. The second-order valence-electron chi connectivity index (χ2n) is 3.89. The molecule has 5 heteroatoms. The first kappa shape index (κ1) is 12.6. The van der Waals surface area contributed by atoms with Gasteiger partial charge in [-0.25, -0.2) is 8.78 Å². The summed E-state index contributed by atoms with van der Waals surface area (Å²) in [5.74, 6) is -0.980. The van der Waals surface area contributed by atoms with E-state index in [4.69, 9.17) is 10.2 Å². The highest BCUT2D eigenvalue weighted by Gasteiger charge is 2.11. The van der Waals surface area contributed by atoms with Gasteiger partial charge in [-0.3, -0.25) is 0 Å². The minimum absolute atomic E-state index is 0.416. The highest BCUT2D eigenvalue weighted by atomic mass is 19.2. The average Bonchev–Trinajstić information content (AvgIpc) is 2.85. The highest BCUT2D eigenvalue weighted by Crippen LogP contribution is 2.20. The normalized spacial score (nSPS) is 10.6. The van der Waals surface area contributed by atoms with Crippen LogP contribution in [0.15, 0.2) is 41.0 Å². The first-order valence-electron chi connectivity index (χ1n) is 5.63. The number of hydrogen-bond donors (Lipinski definition) is 1. The first-order valence-corrected chi connectivity index (χ1v) is 5.63. The Labute approximate surface area is 104 Å². The van der Waals surface area contributed by atoms with Crippen molar-refractivity contribution in [2.24, 2.45) is 5.73 Å². The minimum atomic E-state index is -0.867. The Kier molecular flexibility index (Phi) is 3.94. The summed E-state index contributed by atoms with van der Waals surface area (Å²) in [4.78, 5) is 1.83. The maximum absolute atomic E-state index is 13.2. The second-order valence-corrected chi connectivity index (χ2v) is 3.89. The van der Waals surface area contributed by atoms with Crippen molar-refractivity contribution < 1.29 is 13.2 Å². The zero-order valence-electron chi connectivity index (χ0n) is 9.77. The molecular weight excluding hydrogens is 238 g/mol. The number of benzene rings is 1. The summed E-state index contributed by atoms with van der Waals surface area (Å²) < 4.78 is 31.3. The molecule has 0 saturated heterocycles. The van der Waals surface area contributed by atoms with Gasteiger partial charge in [-0.1, -0.05) is 0 Å². The Balaban J connectivity index is 2.20. The molecule has 0 aliphatic heterocycles. The average molecular weight is 252 g/mol. The smallest absolute Gasteiger partial charge is 0.160 e. The molecule has 18 heavy (non-hydrogen) atoms. The summed E-state index contributed by atoms with van der Waals surface area (Å²) in [7, 11) is 0. The van der Waals surface area contributed by atoms with E-state index in [0.29, 0.717) is 25.3 Å². The molecule has 0 aliphatic carbocycles. The number of anilines is 1. The van der Waals surface area contributed by atoms with Crippen molar-refractivity contribution in [2.45, 2.75) is 6.54 Å². The molecular formula is C13H14F2N2O. The van der Waals surface area contributed by atoms with Crippen LogP contribution in [-0.2, 0) is 6.54 Å². The van der Waals surface area contributed by atoms with E-state index in [2.05, 4.69) is 0 Å². The van der Waals surface area contributed by atoms with E-state index in [1.54, 1.807) is 12.3 Å². The maximum atomic E-state index is 13.2. The maximum Gasteiger partial charge on any atom is 0.160 e. The van der Waals surface area contributed by atoms with Crippen molar-refractivity contribution in [2.75, 3.05) is 18.0 Å². The molecule has 0 bridgehead atoms. The van der Waals surface area contributed by atoms with E-state index < -0.39 is 11.6 Å². The third-order valence-corrected chi connectivity index (χ3v) is 2.59. The van der Waals surface area contributed by atoms with Crippen LogP contribution in [0, 0.1) is 11.6 Å². The minimum Gasteiger partial charge on any atom is -0.467 e. The van der Waals surface area contributed by atoms with Crippen LogP contribution in [-0.4, -0.2) is 13.1 Å². The SMILES string of the molecule is NCCN(Cc1ccco1)c1ccc(F)c(F)c1. The predicted octanol–water partition coefficient (Wildman–Crippen LogP) is 2.52. The molecule has 2 aromatic rings. The molecule has 0 unspecified atom stereocenters. The fourth-order valence-electron chi connectivity index (χ4n) is 1.73. The van der Waals surface area contributed by atoms with Gasteiger partial charge in [-0.2, -0.15) is 0 Å². The van der Waals surface area contributed by atoms with Gasteiger partial charge >= 0.3 is 0 Å². The molecule has 1 aromatic heterocycles. The van der Waals surface area contributed by atoms with Crippen LogP contribution in [0.4, 0.5) is 14.5 Å². The zero-order chi connectivity index (χ0) is 13.0. The molecule has 2 rings (SSSR count). The summed E-state index contributed by atoms with van der Waals surface area (Å²) in [5, 5.41) is 0. The third-order valence-electron chi connectivity index (χ3n) is 2.59. The zero-order valence-corrected chi connectivity index (χ0v) is 9.77. The van der Waals surface area contributed by atoms with Crippen LogP contribution in [0.25, 0.3) is 0 Å². The summed E-state index contributed by atoms with van der Waals surface area (Å²) in [6.07, 6.45) is 1.57. The quantitative estimate of drug-likeness (QED) is 0.889. The summed E-state index contributed by atoms with van der Waals surface area (Å²) >= 11 is 0. The molecule has 96 valence electrons. The van der Waals surface area contributed by atoms with Crippen LogP contribution in [0.5, 0.6) is 0 Å². The lowest BCUT2D eigenvalue weighted by molar-refractivity contribution is 0.498. The van der Waals surface area contributed by atoms with Crippen molar-refractivity contribution >= 4 is 5.69 Å². The number of nitrogens with two attached hydrogens (primary N) is 1. The van der Waals surface area contributed by atoms with E-state index >= 15 is 0 Å². The molecule has 0 saturated carbocycles. The van der Waals surface area contributed by atoms with Crippen LogP contribution < -0.4 is 10.6 Å². The Bertz CT molecular complexity index is 500. The van der Waals surface area contributed by atoms with Crippen LogP contribution in [0.1, 0.15) is 5.76 Å². The molecule has 0 fully saturated rings. The van der Waals surface area contributed by atoms with Gasteiger partial charge in [-0.15, -0.1) is 0 Å². The molecule has 0 atom stereocenters. The standard InChI is InChI=1S/C13H14F2N2O/c14-12-4-3-10(8-13(12)15)17(6-5-16)9-11-2-1-7-18-11/h1-4,7-8H,5-6,9,16H2. The van der Waals surface area contributed by atoms with Crippen LogP contribution >= 0.6 is 0 Å². The summed E-state index contributed by atoms with van der Waals surface area (Å²) in [6, 6.07) is 7.39. The van der Waals surface area contributed by atoms with Crippen LogP contribution in [0.2, 0.25) is 0 Å². The lowest BCUT2D eigenvalue weighted by Crippen LogP contribution is -2.28. The lowest BCUT2D eigenvalue weighted by Gasteiger charge is -2.23. The predicted molar refractivity (Wildman–Crippen MR) is 65.2 cm³/mol. The second kappa shape index (κ2) is 5.64. The molecule has 1 heterocycles. The number of rotatable bonds is 5. The Hall–Kier alpha value is -1.88. The number of hydrogen-bond acceptors (Lipinski definition) is 3. The van der Waals surface area contributed by atoms with Gasteiger partial charge in [0, 0.05) is 24.8 Å². The molecule has 0 aliphatic rings. The van der Waals surface area contributed by atoms with Crippen molar-refractivity contribution in [3.63, 3.8) is 0 Å². The molecule has 1 aromatic carbocycles. The van der Waals surface area contributed by atoms with E-state index in [-0.39, 0.29) is 0 Å². The monoisotopic (exact) mass is 252 g/mol. The van der Waals surface area contributed by atoms with Crippen LogP contribution in [0.3, 0.4) is 0 Å². The molecule has 0 amide bonds. The van der Waals surface area contributed by atoms with E-state index in [9.17, 15) is 8.78 Å². The van der Waals surface area contributed by atoms with Gasteiger partial charge in [0.1, 0.15) is 5.76 Å². The first-order chi connectivity index (χ1) is 8.70. The largest absolute Gasteiger partial charge is 0.467 e. The molecule has 0 radical (unpaired) electrons. The molecule has 3 nitrogen and oxygen atoms in total. The summed E-state index contributed by atoms with van der Waals surface area (Å²) in [6.45, 7) is 1.42. The van der Waals surface area contributed by atoms with Crippen molar-refractivity contribution in [1.29, 1.82) is 0 Å². The Morgan fingerprint density at radius 1 is 1.17 bits per heavy atom. The van der Waals surface area contributed by atoms with Gasteiger partial charge in [0.2, 0.25) is 0 Å². The number of halogens is 2. The van der Waals surface area contributed by atoms with E-state index in [1.807, 2.05) is 11.0 Å². The van der Waals surface area contributed by atoms with Gasteiger partial charge in [0.05, 0.1) is 12.8 Å². The third kappa shape index (κ3) is 2.87. The Morgan fingerprint density at radius 3 is 2.61 bits per heavy atom. The van der Waals surface area contributed by atoms with Gasteiger partial charge < -0.3 is 15.1 Å². The van der Waals surface area contributed by atoms with Crippen molar-refractivity contribution in [1.82, 2.24) is 0 Å². The van der Waals surface area contributed by atoms with Gasteiger partial charge in [0.25, 0.3) is 0 Å².